The number of ether oxygens (including phenoxy) is 1. The van der Waals surface area contributed by atoms with Gasteiger partial charge in [-0.05, 0) is 32.8 Å². The Kier molecular flexibility index (Phi) is 5.03. The van der Waals surface area contributed by atoms with E-state index in [0.29, 0.717) is 0 Å². The molecule has 0 unspecified atom stereocenters. The maximum absolute atomic E-state index is 5.90. The van der Waals surface area contributed by atoms with E-state index in [-0.39, 0.29) is 5.60 Å². The summed E-state index contributed by atoms with van der Waals surface area (Å²) in [4.78, 5) is 0. The van der Waals surface area contributed by atoms with Gasteiger partial charge in [-0.25, -0.2) is 0 Å². The summed E-state index contributed by atoms with van der Waals surface area (Å²) < 4.78 is 5.90. The Labute approximate surface area is 76.8 Å². The van der Waals surface area contributed by atoms with Crippen LogP contribution in [0.15, 0.2) is 11.8 Å². The van der Waals surface area contributed by atoms with Crippen LogP contribution in [0.5, 0.6) is 0 Å². The number of hydrogen-bond acceptors (Lipinski definition) is 1. The summed E-state index contributed by atoms with van der Waals surface area (Å²) in [5.41, 5.74) is 0.0395. The molecule has 72 valence electrons. The standard InChI is InChI=1S/C11H22O/c1-6-10(7-2)12-11(5,8-3)9-4/h6H,7-9H2,1-5H3/b10-6+. The fraction of sp³-hybridized carbons (Fsp3) is 0.818. The van der Waals surface area contributed by atoms with Crippen molar-refractivity contribution in [3.8, 4) is 0 Å². The summed E-state index contributed by atoms with van der Waals surface area (Å²) in [6, 6.07) is 0. The van der Waals surface area contributed by atoms with Crippen molar-refractivity contribution in [3.63, 3.8) is 0 Å². The van der Waals surface area contributed by atoms with Crippen LogP contribution in [0, 0.1) is 0 Å². The van der Waals surface area contributed by atoms with Crippen molar-refractivity contribution in [1.82, 2.24) is 0 Å². The zero-order valence-corrected chi connectivity index (χ0v) is 9.11. The molecule has 0 rings (SSSR count). The van der Waals surface area contributed by atoms with E-state index in [1.54, 1.807) is 0 Å². The number of rotatable bonds is 5. The normalized spacial score (nSPS) is 13.2. The second kappa shape index (κ2) is 5.23. The Morgan fingerprint density at radius 3 is 2.00 bits per heavy atom. The zero-order valence-electron chi connectivity index (χ0n) is 9.11. The summed E-state index contributed by atoms with van der Waals surface area (Å²) in [5, 5.41) is 0. The maximum Gasteiger partial charge on any atom is 0.105 e. The minimum absolute atomic E-state index is 0.0395. The van der Waals surface area contributed by atoms with Crippen molar-refractivity contribution in [2.45, 2.75) is 59.5 Å². The molecule has 0 fully saturated rings. The first-order valence-electron chi connectivity index (χ1n) is 4.96. The first kappa shape index (κ1) is 11.5. The van der Waals surface area contributed by atoms with E-state index in [1.807, 2.05) is 6.92 Å². The Balaban J connectivity index is 4.19. The molecule has 0 spiro atoms. The molecule has 0 aliphatic rings. The predicted molar refractivity (Wildman–Crippen MR) is 54.1 cm³/mol. The third-order valence-corrected chi connectivity index (χ3v) is 2.54. The third-order valence-electron chi connectivity index (χ3n) is 2.54. The van der Waals surface area contributed by atoms with Gasteiger partial charge in [0.05, 0.1) is 5.76 Å². The molecular weight excluding hydrogens is 148 g/mol. The maximum atomic E-state index is 5.90. The van der Waals surface area contributed by atoms with E-state index in [9.17, 15) is 0 Å². The monoisotopic (exact) mass is 170 g/mol. The number of hydrogen-bond donors (Lipinski definition) is 0. The summed E-state index contributed by atoms with van der Waals surface area (Å²) in [6.07, 6.45) is 5.19. The Morgan fingerprint density at radius 1 is 1.25 bits per heavy atom. The lowest BCUT2D eigenvalue weighted by Gasteiger charge is -2.29. The summed E-state index contributed by atoms with van der Waals surface area (Å²) >= 11 is 0. The van der Waals surface area contributed by atoms with Gasteiger partial charge >= 0.3 is 0 Å². The molecule has 1 heteroatoms. The molecule has 0 aromatic carbocycles. The molecule has 0 aliphatic carbocycles. The Bertz CT molecular complexity index is 143. The molecule has 0 amide bonds. The summed E-state index contributed by atoms with van der Waals surface area (Å²) in [6.45, 7) is 10.7. The third kappa shape index (κ3) is 3.29. The summed E-state index contributed by atoms with van der Waals surface area (Å²) in [7, 11) is 0. The lowest BCUT2D eigenvalue weighted by Crippen LogP contribution is -2.26. The lowest BCUT2D eigenvalue weighted by atomic mass is 10.00. The van der Waals surface area contributed by atoms with Gasteiger partial charge in [-0.3, -0.25) is 0 Å². The van der Waals surface area contributed by atoms with E-state index in [2.05, 4.69) is 33.8 Å². The highest BCUT2D eigenvalue weighted by atomic mass is 16.5. The molecule has 0 aliphatic heterocycles. The average Bonchev–Trinajstić information content (AvgIpc) is 2.14. The highest BCUT2D eigenvalue weighted by Gasteiger charge is 2.21. The smallest absolute Gasteiger partial charge is 0.105 e. The van der Waals surface area contributed by atoms with Crippen LogP contribution in [0.3, 0.4) is 0 Å². The van der Waals surface area contributed by atoms with Gasteiger partial charge in [0.1, 0.15) is 5.60 Å². The molecule has 0 saturated carbocycles. The highest BCUT2D eigenvalue weighted by Crippen LogP contribution is 2.23. The SMILES string of the molecule is C/C=C(\CC)OC(C)(CC)CC. The van der Waals surface area contributed by atoms with Crippen LogP contribution in [-0.4, -0.2) is 5.60 Å². The van der Waals surface area contributed by atoms with Crippen LogP contribution in [0.1, 0.15) is 53.9 Å². The van der Waals surface area contributed by atoms with Gasteiger partial charge in [-0.1, -0.05) is 20.8 Å². The van der Waals surface area contributed by atoms with Crippen LogP contribution in [-0.2, 0) is 4.74 Å². The number of allylic oxidation sites excluding steroid dienone is 2. The summed E-state index contributed by atoms with van der Waals surface area (Å²) in [5.74, 6) is 1.11. The molecule has 1 nitrogen and oxygen atoms in total. The van der Waals surface area contributed by atoms with Gasteiger partial charge < -0.3 is 4.74 Å². The molecule has 0 heterocycles. The Morgan fingerprint density at radius 2 is 1.75 bits per heavy atom. The average molecular weight is 170 g/mol. The zero-order chi connectivity index (χ0) is 9.61. The van der Waals surface area contributed by atoms with E-state index >= 15 is 0 Å². The van der Waals surface area contributed by atoms with Gasteiger partial charge in [-0.2, -0.15) is 0 Å². The van der Waals surface area contributed by atoms with Crippen LogP contribution in [0.2, 0.25) is 0 Å². The minimum Gasteiger partial charge on any atom is -0.492 e. The first-order valence-corrected chi connectivity index (χ1v) is 4.96. The fourth-order valence-corrected chi connectivity index (χ4v) is 1.05. The topological polar surface area (TPSA) is 9.23 Å². The quantitative estimate of drug-likeness (QED) is 0.569. The van der Waals surface area contributed by atoms with Crippen molar-refractivity contribution in [1.29, 1.82) is 0 Å². The molecule has 0 atom stereocenters. The van der Waals surface area contributed by atoms with Gasteiger partial charge in [0.2, 0.25) is 0 Å². The van der Waals surface area contributed by atoms with E-state index in [1.165, 1.54) is 0 Å². The largest absolute Gasteiger partial charge is 0.492 e. The molecule has 12 heavy (non-hydrogen) atoms. The molecule has 0 aromatic heterocycles. The van der Waals surface area contributed by atoms with Crippen molar-refractivity contribution in [3.05, 3.63) is 11.8 Å². The second-order valence-corrected chi connectivity index (χ2v) is 3.37. The van der Waals surface area contributed by atoms with Gasteiger partial charge in [0.15, 0.2) is 0 Å². The second-order valence-electron chi connectivity index (χ2n) is 3.37. The molecule has 0 radical (unpaired) electrons. The van der Waals surface area contributed by atoms with Crippen LogP contribution in [0.25, 0.3) is 0 Å². The van der Waals surface area contributed by atoms with E-state index < -0.39 is 0 Å². The van der Waals surface area contributed by atoms with Crippen molar-refractivity contribution >= 4 is 0 Å². The molecule has 0 aromatic rings. The van der Waals surface area contributed by atoms with Crippen LogP contribution in [0.4, 0.5) is 0 Å². The van der Waals surface area contributed by atoms with E-state index in [4.69, 9.17) is 4.74 Å². The van der Waals surface area contributed by atoms with Crippen LogP contribution >= 0.6 is 0 Å². The minimum atomic E-state index is 0.0395. The molecular formula is C11H22O. The highest BCUT2D eigenvalue weighted by molar-refractivity contribution is 4.92. The van der Waals surface area contributed by atoms with Crippen LogP contribution < -0.4 is 0 Å². The van der Waals surface area contributed by atoms with Gasteiger partial charge in [-0.15, -0.1) is 0 Å². The van der Waals surface area contributed by atoms with Gasteiger partial charge in [0.25, 0.3) is 0 Å². The molecule has 0 bridgehead atoms. The molecule has 0 N–H and O–H groups in total. The first-order chi connectivity index (χ1) is 5.61. The van der Waals surface area contributed by atoms with E-state index in [0.717, 1.165) is 25.0 Å². The van der Waals surface area contributed by atoms with Crippen molar-refractivity contribution in [2.24, 2.45) is 0 Å². The Hall–Kier alpha value is -0.460. The van der Waals surface area contributed by atoms with Crippen molar-refractivity contribution in [2.75, 3.05) is 0 Å². The predicted octanol–water partition coefficient (Wildman–Crippen LogP) is 3.90. The fourth-order valence-electron chi connectivity index (χ4n) is 1.05. The molecule has 0 saturated heterocycles. The lowest BCUT2D eigenvalue weighted by molar-refractivity contribution is 0.00763. The van der Waals surface area contributed by atoms with Gasteiger partial charge in [0, 0.05) is 6.42 Å². The van der Waals surface area contributed by atoms with Crippen molar-refractivity contribution < 1.29 is 4.74 Å².